The van der Waals surface area contributed by atoms with Gasteiger partial charge in [-0.1, -0.05) is 0 Å². The number of ether oxygens (including phenoxy) is 1. The van der Waals surface area contributed by atoms with Crippen LogP contribution >= 0.6 is 0 Å². The molecule has 0 unspecified atom stereocenters. The number of rotatable bonds is 3. The summed E-state index contributed by atoms with van der Waals surface area (Å²) in [5.41, 5.74) is 7.63. The highest BCUT2D eigenvalue weighted by molar-refractivity contribution is 6.04. The number of nitrogens with one attached hydrogen (secondary N) is 1. The van der Waals surface area contributed by atoms with Crippen LogP contribution in [-0.2, 0) is 0 Å². The van der Waals surface area contributed by atoms with Gasteiger partial charge >= 0.3 is 0 Å². The highest BCUT2D eigenvalue weighted by atomic mass is 16.5. The molecule has 5 heteroatoms. The highest BCUT2D eigenvalue weighted by Gasteiger charge is 2.12. The summed E-state index contributed by atoms with van der Waals surface area (Å²) in [4.78, 5) is 12.2. The third-order valence-corrected chi connectivity index (χ3v) is 3.11. The van der Waals surface area contributed by atoms with Gasteiger partial charge in [0.05, 0.1) is 7.11 Å². The number of fused-ring (bicyclic) bond motifs is 1. The van der Waals surface area contributed by atoms with Crippen molar-refractivity contribution in [2.75, 3.05) is 18.2 Å². The van der Waals surface area contributed by atoms with Gasteiger partial charge in [-0.2, -0.15) is 0 Å². The number of carbonyl (C=O) groups is 1. The molecule has 1 amide bonds. The minimum atomic E-state index is -0.310. The molecule has 3 N–H and O–H groups in total. The molecule has 0 fully saturated rings. The van der Waals surface area contributed by atoms with Gasteiger partial charge < -0.3 is 20.2 Å². The zero-order valence-electron chi connectivity index (χ0n) is 11.4. The molecule has 1 aromatic heterocycles. The van der Waals surface area contributed by atoms with E-state index < -0.39 is 0 Å². The van der Waals surface area contributed by atoms with Gasteiger partial charge in [-0.3, -0.25) is 4.79 Å². The summed E-state index contributed by atoms with van der Waals surface area (Å²) < 4.78 is 10.6. The molecular weight excluding hydrogens is 268 g/mol. The van der Waals surface area contributed by atoms with Gasteiger partial charge in [0.25, 0.3) is 5.91 Å². The molecule has 0 bridgehead atoms. The van der Waals surface area contributed by atoms with Crippen LogP contribution in [0.4, 0.5) is 11.4 Å². The lowest BCUT2D eigenvalue weighted by Gasteiger charge is -2.04. The number of amides is 1. The summed E-state index contributed by atoms with van der Waals surface area (Å²) in [6, 6.07) is 14.0. The Kier molecular flexibility index (Phi) is 3.23. The van der Waals surface area contributed by atoms with Crippen LogP contribution in [0, 0.1) is 0 Å². The van der Waals surface area contributed by atoms with E-state index in [-0.39, 0.29) is 11.7 Å². The lowest BCUT2D eigenvalue weighted by molar-refractivity contribution is 0.0998. The maximum absolute atomic E-state index is 12.2. The van der Waals surface area contributed by atoms with Crippen LogP contribution in [0.5, 0.6) is 5.75 Å². The van der Waals surface area contributed by atoms with E-state index in [2.05, 4.69) is 5.32 Å². The third-order valence-electron chi connectivity index (χ3n) is 3.11. The number of hydrogen-bond acceptors (Lipinski definition) is 4. The van der Waals surface area contributed by atoms with Gasteiger partial charge in [0.1, 0.15) is 11.3 Å². The molecule has 5 nitrogen and oxygen atoms in total. The lowest BCUT2D eigenvalue weighted by Crippen LogP contribution is -2.10. The Bertz CT molecular complexity index is 791. The van der Waals surface area contributed by atoms with Crippen LogP contribution in [0.3, 0.4) is 0 Å². The molecule has 106 valence electrons. The van der Waals surface area contributed by atoms with E-state index in [9.17, 15) is 4.79 Å². The van der Waals surface area contributed by atoms with Gasteiger partial charge in [0.2, 0.25) is 0 Å². The van der Waals surface area contributed by atoms with Crippen molar-refractivity contribution in [2.45, 2.75) is 0 Å². The summed E-state index contributed by atoms with van der Waals surface area (Å²) >= 11 is 0. The van der Waals surface area contributed by atoms with Gasteiger partial charge in [-0.05, 0) is 48.5 Å². The minimum Gasteiger partial charge on any atom is -0.497 e. The molecule has 3 aromatic rings. The van der Waals surface area contributed by atoms with Crippen LogP contribution < -0.4 is 15.8 Å². The first kappa shape index (κ1) is 13.1. The summed E-state index contributed by atoms with van der Waals surface area (Å²) in [6.07, 6.45) is 0. The van der Waals surface area contributed by atoms with E-state index in [0.29, 0.717) is 17.0 Å². The summed E-state index contributed by atoms with van der Waals surface area (Å²) in [6.45, 7) is 0. The van der Waals surface area contributed by atoms with Crippen molar-refractivity contribution in [3.63, 3.8) is 0 Å². The van der Waals surface area contributed by atoms with E-state index >= 15 is 0 Å². The molecule has 1 heterocycles. The molecule has 0 radical (unpaired) electrons. The number of anilines is 2. The highest BCUT2D eigenvalue weighted by Crippen LogP contribution is 2.23. The van der Waals surface area contributed by atoms with Crippen LogP contribution in [0.1, 0.15) is 10.6 Å². The van der Waals surface area contributed by atoms with E-state index in [1.807, 2.05) is 0 Å². The molecule has 21 heavy (non-hydrogen) atoms. The Balaban J connectivity index is 1.82. The number of hydrogen-bond donors (Lipinski definition) is 2. The van der Waals surface area contributed by atoms with Crippen LogP contribution in [-0.4, -0.2) is 13.0 Å². The fourth-order valence-electron chi connectivity index (χ4n) is 2.04. The SMILES string of the molecule is COc1ccc(NC(=O)c2cc3cc(N)ccc3o2)cc1. The molecule has 0 spiro atoms. The van der Waals surface area contributed by atoms with Crippen molar-refractivity contribution >= 4 is 28.3 Å². The van der Waals surface area contributed by atoms with Crippen LogP contribution in [0.25, 0.3) is 11.0 Å². The van der Waals surface area contributed by atoms with E-state index in [4.69, 9.17) is 14.9 Å². The van der Waals surface area contributed by atoms with E-state index in [1.54, 1.807) is 55.6 Å². The van der Waals surface area contributed by atoms with Crippen LogP contribution in [0.15, 0.2) is 52.9 Å². The first-order valence-electron chi connectivity index (χ1n) is 6.40. The predicted molar refractivity (Wildman–Crippen MR) is 81.6 cm³/mol. The quantitative estimate of drug-likeness (QED) is 0.723. The Labute approximate surface area is 121 Å². The summed E-state index contributed by atoms with van der Waals surface area (Å²) in [5.74, 6) is 0.661. The predicted octanol–water partition coefficient (Wildman–Crippen LogP) is 3.28. The monoisotopic (exact) mass is 282 g/mol. The van der Waals surface area contributed by atoms with Crippen molar-refractivity contribution < 1.29 is 13.9 Å². The topological polar surface area (TPSA) is 77.5 Å². The lowest BCUT2D eigenvalue weighted by atomic mass is 10.2. The van der Waals surface area contributed by atoms with Crippen molar-refractivity contribution in [3.05, 3.63) is 54.3 Å². The van der Waals surface area contributed by atoms with Crippen LogP contribution in [0.2, 0.25) is 0 Å². The number of furan rings is 1. The summed E-state index contributed by atoms with van der Waals surface area (Å²) in [7, 11) is 1.59. The molecule has 0 aliphatic heterocycles. The van der Waals surface area contributed by atoms with Gasteiger partial charge in [-0.25, -0.2) is 0 Å². The van der Waals surface area contributed by atoms with Gasteiger partial charge in [-0.15, -0.1) is 0 Å². The maximum atomic E-state index is 12.2. The number of methoxy groups -OCH3 is 1. The second-order valence-electron chi connectivity index (χ2n) is 4.59. The Morgan fingerprint density at radius 1 is 1.14 bits per heavy atom. The normalized spacial score (nSPS) is 10.5. The zero-order valence-corrected chi connectivity index (χ0v) is 11.4. The fraction of sp³-hybridized carbons (Fsp3) is 0.0625. The van der Waals surface area contributed by atoms with Gasteiger partial charge in [0.15, 0.2) is 5.76 Å². The molecule has 3 rings (SSSR count). The average Bonchev–Trinajstić information content (AvgIpc) is 2.91. The van der Waals surface area contributed by atoms with Crippen molar-refractivity contribution in [1.29, 1.82) is 0 Å². The smallest absolute Gasteiger partial charge is 0.291 e. The van der Waals surface area contributed by atoms with Crippen molar-refractivity contribution in [3.8, 4) is 5.75 Å². The molecular formula is C16H14N2O3. The number of benzene rings is 2. The minimum absolute atomic E-state index is 0.242. The Morgan fingerprint density at radius 3 is 2.62 bits per heavy atom. The molecule has 0 aliphatic rings. The fourth-order valence-corrected chi connectivity index (χ4v) is 2.04. The second kappa shape index (κ2) is 5.20. The Morgan fingerprint density at radius 2 is 1.90 bits per heavy atom. The molecule has 2 aromatic carbocycles. The standard InChI is InChI=1S/C16H14N2O3/c1-20-13-5-3-12(4-6-13)18-16(19)15-9-10-8-11(17)2-7-14(10)21-15/h2-9H,17H2,1H3,(H,18,19). The van der Waals surface area contributed by atoms with E-state index in [0.717, 1.165) is 11.1 Å². The van der Waals surface area contributed by atoms with E-state index in [1.165, 1.54) is 0 Å². The summed E-state index contributed by atoms with van der Waals surface area (Å²) in [5, 5.41) is 3.57. The third kappa shape index (κ3) is 2.67. The Hall–Kier alpha value is -2.95. The molecule has 0 aliphatic carbocycles. The number of carbonyl (C=O) groups excluding carboxylic acids is 1. The van der Waals surface area contributed by atoms with Gasteiger partial charge in [0, 0.05) is 16.8 Å². The number of nitrogen functional groups attached to an aromatic ring is 1. The maximum Gasteiger partial charge on any atom is 0.291 e. The molecule has 0 saturated carbocycles. The molecule has 0 atom stereocenters. The first-order valence-corrected chi connectivity index (χ1v) is 6.40. The number of nitrogens with two attached hydrogens (primary N) is 1. The van der Waals surface area contributed by atoms with Crippen molar-refractivity contribution in [1.82, 2.24) is 0 Å². The largest absolute Gasteiger partial charge is 0.497 e. The molecule has 0 saturated heterocycles. The average molecular weight is 282 g/mol. The van der Waals surface area contributed by atoms with Crippen molar-refractivity contribution in [2.24, 2.45) is 0 Å². The zero-order chi connectivity index (χ0) is 14.8. The second-order valence-corrected chi connectivity index (χ2v) is 4.59. The first-order chi connectivity index (χ1) is 10.2.